The summed E-state index contributed by atoms with van der Waals surface area (Å²) in [6.45, 7) is 0. The van der Waals surface area contributed by atoms with Crippen LogP contribution in [0.15, 0.2) is 85.2 Å². The molecular formula is C19H14N2. The summed E-state index contributed by atoms with van der Waals surface area (Å²) in [4.78, 5) is 4.65. The van der Waals surface area contributed by atoms with Gasteiger partial charge in [-0.3, -0.25) is 0 Å². The van der Waals surface area contributed by atoms with Crippen molar-refractivity contribution in [1.29, 1.82) is 0 Å². The molecule has 0 spiro atoms. The lowest BCUT2D eigenvalue weighted by Gasteiger charge is -2.02. The van der Waals surface area contributed by atoms with Gasteiger partial charge in [0.15, 0.2) is 0 Å². The quantitative estimate of drug-likeness (QED) is 0.517. The summed E-state index contributed by atoms with van der Waals surface area (Å²) < 4.78 is 2.04. The first kappa shape index (κ1) is 11.9. The topological polar surface area (TPSA) is 17.3 Å². The number of rotatable bonds is 2. The minimum absolute atomic E-state index is 0.972. The number of hydrogen-bond donors (Lipinski definition) is 0. The normalized spacial score (nSPS) is 10.9. The van der Waals surface area contributed by atoms with Crippen molar-refractivity contribution in [3.8, 4) is 22.4 Å². The standard InChI is InChI=1S/C19H14N2/c1-2-6-15(7-3-1)16-9-11-17(12-10-16)18-14-21-13-5-4-8-19(21)20-18/h1-14H. The van der Waals surface area contributed by atoms with Crippen molar-refractivity contribution in [2.45, 2.75) is 0 Å². The smallest absolute Gasteiger partial charge is 0.137 e. The highest BCUT2D eigenvalue weighted by Gasteiger charge is 2.04. The zero-order valence-electron chi connectivity index (χ0n) is 11.5. The highest BCUT2D eigenvalue weighted by molar-refractivity contribution is 5.69. The van der Waals surface area contributed by atoms with Gasteiger partial charge in [0.05, 0.1) is 5.69 Å². The lowest BCUT2D eigenvalue weighted by atomic mass is 10.0. The molecule has 0 fully saturated rings. The van der Waals surface area contributed by atoms with E-state index in [1.54, 1.807) is 0 Å². The van der Waals surface area contributed by atoms with Gasteiger partial charge in [-0.2, -0.15) is 0 Å². The molecule has 0 aliphatic heterocycles. The van der Waals surface area contributed by atoms with Crippen molar-refractivity contribution >= 4 is 5.65 Å². The Bertz CT molecular complexity index is 841. The Morgan fingerprint density at radius 3 is 2.05 bits per heavy atom. The summed E-state index contributed by atoms with van der Waals surface area (Å²) in [5.74, 6) is 0. The number of fused-ring (bicyclic) bond motifs is 1. The molecule has 2 aromatic carbocycles. The third-order valence-corrected chi connectivity index (χ3v) is 3.65. The SMILES string of the molecule is c1ccc(-c2ccc(-c3cn4ccccc4n3)cc2)cc1. The molecule has 2 heteroatoms. The minimum atomic E-state index is 0.972. The maximum atomic E-state index is 4.65. The van der Waals surface area contributed by atoms with Gasteiger partial charge >= 0.3 is 0 Å². The van der Waals surface area contributed by atoms with Crippen LogP contribution in [0.4, 0.5) is 0 Å². The molecule has 2 aromatic heterocycles. The van der Waals surface area contributed by atoms with Gasteiger partial charge in [-0.25, -0.2) is 4.98 Å². The predicted octanol–water partition coefficient (Wildman–Crippen LogP) is 4.67. The first-order valence-corrected chi connectivity index (χ1v) is 7.00. The minimum Gasteiger partial charge on any atom is -0.306 e. The van der Waals surface area contributed by atoms with Gasteiger partial charge in [-0.1, -0.05) is 60.7 Å². The third kappa shape index (κ3) is 2.21. The van der Waals surface area contributed by atoms with Crippen LogP contribution in [0.5, 0.6) is 0 Å². The van der Waals surface area contributed by atoms with Gasteiger partial charge in [0.2, 0.25) is 0 Å². The summed E-state index contributed by atoms with van der Waals surface area (Å²) in [7, 11) is 0. The van der Waals surface area contributed by atoms with Gasteiger partial charge in [0.1, 0.15) is 5.65 Å². The molecular weight excluding hydrogens is 256 g/mol. The Morgan fingerprint density at radius 1 is 0.619 bits per heavy atom. The van der Waals surface area contributed by atoms with E-state index >= 15 is 0 Å². The molecule has 0 saturated heterocycles. The van der Waals surface area contributed by atoms with Crippen LogP contribution in [0, 0.1) is 0 Å². The molecule has 2 nitrogen and oxygen atoms in total. The molecule has 4 rings (SSSR count). The van der Waals surface area contributed by atoms with Gasteiger partial charge in [-0.15, -0.1) is 0 Å². The fourth-order valence-electron chi connectivity index (χ4n) is 2.54. The first-order valence-electron chi connectivity index (χ1n) is 7.00. The highest BCUT2D eigenvalue weighted by atomic mass is 15.0. The molecule has 0 unspecified atom stereocenters. The third-order valence-electron chi connectivity index (χ3n) is 3.65. The van der Waals surface area contributed by atoms with E-state index in [1.807, 2.05) is 34.9 Å². The molecule has 4 aromatic rings. The number of nitrogens with zero attached hydrogens (tertiary/aromatic N) is 2. The molecule has 21 heavy (non-hydrogen) atoms. The molecule has 0 N–H and O–H groups in total. The summed E-state index contributed by atoms with van der Waals surface area (Å²) in [5.41, 5.74) is 5.57. The van der Waals surface area contributed by atoms with Crippen molar-refractivity contribution < 1.29 is 0 Å². The van der Waals surface area contributed by atoms with Gasteiger partial charge in [0, 0.05) is 18.0 Å². The average molecular weight is 270 g/mol. The fourth-order valence-corrected chi connectivity index (χ4v) is 2.54. The number of imidazole rings is 1. The van der Waals surface area contributed by atoms with Crippen LogP contribution in [0.3, 0.4) is 0 Å². The average Bonchev–Trinajstić information content (AvgIpc) is 3.00. The second kappa shape index (κ2) is 4.91. The number of aromatic nitrogens is 2. The van der Waals surface area contributed by atoms with Crippen LogP contribution in [-0.4, -0.2) is 9.38 Å². The van der Waals surface area contributed by atoms with Crippen molar-refractivity contribution in [1.82, 2.24) is 9.38 Å². The predicted molar refractivity (Wildman–Crippen MR) is 86.1 cm³/mol. The lowest BCUT2D eigenvalue weighted by Crippen LogP contribution is -1.79. The van der Waals surface area contributed by atoms with Crippen LogP contribution in [-0.2, 0) is 0 Å². The van der Waals surface area contributed by atoms with Crippen molar-refractivity contribution in [2.24, 2.45) is 0 Å². The molecule has 0 aliphatic carbocycles. The maximum Gasteiger partial charge on any atom is 0.137 e. The zero-order chi connectivity index (χ0) is 14.1. The summed E-state index contributed by atoms with van der Waals surface area (Å²) in [5, 5.41) is 0. The van der Waals surface area contributed by atoms with Crippen LogP contribution < -0.4 is 0 Å². The van der Waals surface area contributed by atoms with Gasteiger partial charge in [-0.05, 0) is 23.3 Å². The van der Waals surface area contributed by atoms with E-state index in [-0.39, 0.29) is 0 Å². The fraction of sp³-hybridized carbons (Fsp3) is 0. The van der Waals surface area contributed by atoms with E-state index in [1.165, 1.54) is 11.1 Å². The molecule has 0 bridgehead atoms. The van der Waals surface area contributed by atoms with E-state index in [2.05, 4.69) is 59.7 Å². The first-order chi connectivity index (χ1) is 10.4. The van der Waals surface area contributed by atoms with Crippen molar-refractivity contribution in [3.63, 3.8) is 0 Å². The second-order valence-electron chi connectivity index (χ2n) is 5.04. The van der Waals surface area contributed by atoms with E-state index in [4.69, 9.17) is 0 Å². The Morgan fingerprint density at radius 2 is 1.29 bits per heavy atom. The zero-order valence-corrected chi connectivity index (χ0v) is 11.5. The highest BCUT2D eigenvalue weighted by Crippen LogP contribution is 2.24. The van der Waals surface area contributed by atoms with E-state index in [0.717, 1.165) is 16.9 Å². The molecule has 0 atom stereocenters. The van der Waals surface area contributed by atoms with E-state index in [9.17, 15) is 0 Å². The van der Waals surface area contributed by atoms with E-state index in [0.29, 0.717) is 0 Å². The molecule has 0 saturated carbocycles. The van der Waals surface area contributed by atoms with Crippen LogP contribution in [0.2, 0.25) is 0 Å². The Balaban J connectivity index is 1.73. The largest absolute Gasteiger partial charge is 0.306 e. The number of benzene rings is 2. The van der Waals surface area contributed by atoms with Crippen LogP contribution in [0.25, 0.3) is 28.0 Å². The molecule has 0 radical (unpaired) electrons. The molecule has 100 valence electrons. The number of hydrogen-bond acceptors (Lipinski definition) is 1. The van der Waals surface area contributed by atoms with Gasteiger partial charge in [0.25, 0.3) is 0 Å². The van der Waals surface area contributed by atoms with Gasteiger partial charge < -0.3 is 4.40 Å². The monoisotopic (exact) mass is 270 g/mol. The Hall–Kier alpha value is -2.87. The number of pyridine rings is 1. The van der Waals surface area contributed by atoms with Crippen LogP contribution >= 0.6 is 0 Å². The maximum absolute atomic E-state index is 4.65. The summed E-state index contributed by atoms with van der Waals surface area (Å²) in [6.07, 6.45) is 4.08. The summed E-state index contributed by atoms with van der Waals surface area (Å²) in [6, 6.07) is 25.0. The van der Waals surface area contributed by atoms with Crippen LogP contribution in [0.1, 0.15) is 0 Å². The molecule has 0 aliphatic rings. The van der Waals surface area contributed by atoms with E-state index < -0.39 is 0 Å². The van der Waals surface area contributed by atoms with Crippen molar-refractivity contribution in [2.75, 3.05) is 0 Å². The Labute approximate surface area is 123 Å². The lowest BCUT2D eigenvalue weighted by molar-refractivity contribution is 1.19. The second-order valence-corrected chi connectivity index (χ2v) is 5.04. The molecule has 0 amide bonds. The molecule has 2 heterocycles. The van der Waals surface area contributed by atoms with Crippen molar-refractivity contribution in [3.05, 3.63) is 85.2 Å². The summed E-state index contributed by atoms with van der Waals surface area (Å²) >= 11 is 0. The Kier molecular flexibility index (Phi) is 2.79.